The maximum Gasteiger partial charge on any atom is 0.573 e. The van der Waals surface area contributed by atoms with E-state index in [0.29, 0.717) is 27.8 Å². The smallest absolute Gasteiger partial charge is 0.486 e. The Balaban J connectivity index is 1.65. The van der Waals surface area contributed by atoms with Crippen LogP contribution in [0, 0.1) is 6.92 Å². The summed E-state index contributed by atoms with van der Waals surface area (Å²) < 4.78 is 52.7. The van der Waals surface area contributed by atoms with Crippen molar-refractivity contribution >= 4 is 38.2 Å². The highest BCUT2D eigenvalue weighted by Gasteiger charge is 2.31. The minimum Gasteiger partial charge on any atom is -0.486 e. The lowest BCUT2D eigenvalue weighted by molar-refractivity contribution is -0.274. The van der Waals surface area contributed by atoms with E-state index in [-0.39, 0.29) is 12.4 Å². The van der Waals surface area contributed by atoms with E-state index < -0.39 is 18.9 Å². The molecule has 162 valence electrons. The second-order valence-corrected chi connectivity index (χ2v) is 8.52. The van der Waals surface area contributed by atoms with Gasteiger partial charge in [-0.05, 0) is 65.1 Å². The summed E-state index contributed by atoms with van der Waals surface area (Å²) in [6, 6.07) is 10.8. The number of nitrogens with zero attached hydrogens (tertiary/aromatic N) is 1. The Morgan fingerprint density at radius 3 is 2.42 bits per heavy atom. The van der Waals surface area contributed by atoms with Gasteiger partial charge in [-0.2, -0.15) is 0 Å². The second kappa shape index (κ2) is 9.60. The van der Waals surface area contributed by atoms with Gasteiger partial charge in [-0.1, -0.05) is 0 Å². The van der Waals surface area contributed by atoms with Gasteiger partial charge in [0.25, 0.3) is 16.3 Å². The van der Waals surface area contributed by atoms with E-state index >= 15 is 0 Å². The number of benzene rings is 2. The van der Waals surface area contributed by atoms with Gasteiger partial charge < -0.3 is 19.3 Å². The Morgan fingerprint density at radius 2 is 1.81 bits per heavy atom. The van der Waals surface area contributed by atoms with E-state index in [1.54, 1.807) is 37.3 Å². The molecule has 31 heavy (non-hydrogen) atoms. The number of hydrogen-bond donors (Lipinski definition) is 1. The Morgan fingerprint density at radius 1 is 1.13 bits per heavy atom. The van der Waals surface area contributed by atoms with E-state index in [1.165, 1.54) is 23.5 Å². The minimum atomic E-state index is -4.72. The van der Waals surface area contributed by atoms with Crippen molar-refractivity contribution in [2.75, 3.05) is 6.61 Å². The molecule has 0 unspecified atom stereocenters. The molecular formula is C20H17AlF3NO5S. The zero-order valence-corrected chi connectivity index (χ0v) is 19.3. The van der Waals surface area contributed by atoms with Gasteiger partial charge in [-0.15, -0.1) is 24.5 Å². The van der Waals surface area contributed by atoms with Crippen LogP contribution < -0.4 is 18.8 Å². The zero-order chi connectivity index (χ0) is 22.6. The van der Waals surface area contributed by atoms with Crippen LogP contribution in [-0.2, 0) is 11.4 Å². The number of ether oxygens (including phenoxy) is 3. The van der Waals surface area contributed by atoms with E-state index in [9.17, 15) is 18.0 Å². The van der Waals surface area contributed by atoms with E-state index in [4.69, 9.17) is 14.6 Å². The highest BCUT2D eigenvalue weighted by molar-refractivity contribution is 7.16. The molecule has 1 aromatic heterocycles. The highest BCUT2D eigenvalue weighted by Crippen LogP contribution is 2.29. The number of hydrogen-bond acceptors (Lipinski definition) is 6. The van der Waals surface area contributed by atoms with Crippen molar-refractivity contribution in [2.45, 2.75) is 19.9 Å². The number of aryl methyl sites for hydroxylation is 1. The Kier molecular flexibility index (Phi) is 7.10. The third-order valence-corrected chi connectivity index (χ3v) is 6.32. The number of carboxylic acids is 1. The summed E-state index contributed by atoms with van der Waals surface area (Å²) in [6.45, 7) is 1.59. The molecule has 3 rings (SSSR count). The molecule has 0 radical (unpaired) electrons. The van der Waals surface area contributed by atoms with Crippen LogP contribution in [0.25, 0.3) is 10.4 Å². The summed E-state index contributed by atoms with van der Waals surface area (Å²) in [5.41, 5.74) is 1.50. The minimum absolute atomic E-state index is 0.226. The number of aromatic nitrogens is 1. The molecule has 0 amide bonds. The number of carboxylic acid groups (broad SMARTS) is 1. The van der Waals surface area contributed by atoms with Crippen molar-refractivity contribution in [3.63, 3.8) is 0 Å². The SMILES string of the molecule is Cc1cc(OCc2n[c]([AlH2])c(-c3ccc(OC(F)(F)F)cc3)s2)ccc1OCC(=O)O. The molecule has 1 heterocycles. The van der Waals surface area contributed by atoms with Crippen LogP contribution in [0.4, 0.5) is 13.2 Å². The summed E-state index contributed by atoms with van der Waals surface area (Å²) in [5, 5.41) is 9.43. The average Bonchev–Trinajstić information content (AvgIpc) is 3.05. The molecule has 0 fully saturated rings. The van der Waals surface area contributed by atoms with Gasteiger partial charge in [-0.3, -0.25) is 4.98 Å². The van der Waals surface area contributed by atoms with Crippen molar-refractivity contribution in [1.82, 2.24) is 4.98 Å². The fourth-order valence-corrected chi connectivity index (χ4v) is 4.76. The molecule has 0 bridgehead atoms. The van der Waals surface area contributed by atoms with Crippen molar-refractivity contribution in [3.05, 3.63) is 53.0 Å². The van der Waals surface area contributed by atoms with Crippen LogP contribution in [0.1, 0.15) is 10.6 Å². The maximum atomic E-state index is 12.3. The molecule has 0 saturated heterocycles. The van der Waals surface area contributed by atoms with Crippen molar-refractivity contribution in [1.29, 1.82) is 0 Å². The van der Waals surface area contributed by atoms with Gasteiger partial charge in [0, 0.05) is 4.88 Å². The number of aliphatic carboxylic acids is 1. The van der Waals surface area contributed by atoms with Crippen LogP contribution in [-0.4, -0.2) is 45.3 Å². The molecule has 0 aliphatic heterocycles. The summed E-state index contributed by atoms with van der Waals surface area (Å²) in [6.07, 6.45) is -4.72. The van der Waals surface area contributed by atoms with Crippen LogP contribution in [0.2, 0.25) is 0 Å². The Bertz CT molecular complexity index is 1070. The van der Waals surface area contributed by atoms with Crippen molar-refractivity contribution in [2.24, 2.45) is 0 Å². The van der Waals surface area contributed by atoms with Gasteiger partial charge in [0.15, 0.2) is 6.61 Å². The predicted molar refractivity (Wildman–Crippen MR) is 111 cm³/mol. The lowest BCUT2D eigenvalue weighted by atomic mass is 10.2. The largest absolute Gasteiger partial charge is 0.573 e. The number of rotatable bonds is 8. The zero-order valence-electron chi connectivity index (χ0n) is 16.5. The van der Waals surface area contributed by atoms with Crippen molar-refractivity contribution in [3.8, 4) is 27.7 Å². The quantitative estimate of drug-likeness (QED) is 0.513. The van der Waals surface area contributed by atoms with Crippen LogP contribution in [0.15, 0.2) is 42.5 Å². The fraction of sp³-hybridized carbons (Fsp3) is 0.200. The van der Waals surface area contributed by atoms with Gasteiger partial charge in [0.1, 0.15) is 28.9 Å². The van der Waals surface area contributed by atoms with Gasteiger partial charge in [0.2, 0.25) is 0 Å². The molecule has 6 nitrogen and oxygen atoms in total. The Hall–Kier alpha value is -2.74. The molecule has 0 aliphatic rings. The van der Waals surface area contributed by atoms with E-state index in [1.807, 2.05) is 0 Å². The molecule has 0 aliphatic carbocycles. The predicted octanol–water partition coefficient (Wildman–Crippen LogP) is 3.32. The molecule has 1 N–H and O–H groups in total. The summed E-state index contributed by atoms with van der Waals surface area (Å²) in [5.74, 6) is -0.280. The lowest BCUT2D eigenvalue weighted by Gasteiger charge is -2.10. The molecule has 2 aromatic carbocycles. The normalized spacial score (nSPS) is 11.2. The fourth-order valence-electron chi connectivity index (χ4n) is 2.75. The van der Waals surface area contributed by atoms with Crippen molar-refractivity contribution < 1.29 is 37.3 Å². The van der Waals surface area contributed by atoms with E-state index in [2.05, 4.69) is 9.72 Å². The molecular weight excluding hydrogens is 450 g/mol. The summed E-state index contributed by atoms with van der Waals surface area (Å²) >= 11 is 2.08. The first-order valence-corrected chi connectivity index (χ1v) is 10.8. The number of thiazole rings is 1. The van der Waals surface area contributed by atoms with Crippen LogP contribution in [0.5, 0.6) is 17.2 Å². The van der Waals surface area contributed by atoms with Gasteiger partial charge in [-0.25, -0.2) is 4.79 Å². The summed E-state index contributed by atoms with van der Waals surface area (Å²) in [7, 11) is 0. The van der Waals surface area contributed by atoms with Gasteiger partial charge in [0.05, 0.1) is 0 Å². The molecule has 0 spiro atoms. The monoisotopic (exact) mass is 467 g/mol. The maximum absolute atomic E-state index is 12.3. The van der Waals surface area contributed by atoms with E-state index in [0.717, 1.165) is 25.6 Å². The second-order valence-electron chi connectivity index (χ2n) is 6.49. The first-order chi connectivity index (χ1) is 14.6. The highest BCUT2D eigenvalue weighted by atomic mass is 32.1. The van der Waals surface area contributed by atoms with Crippen LogP contribution in [0.3, 0.4) is 0 Å². The number of alkyl halides is 3. The first kappa shape index (κ1) is 22.9. The third-order valence-electron chi connectivity index (χ3n) is 4.05. The number of halogens is 3. The molecule has 11 heteroatoms. The third kappa shape index (κ3) is 6.62. The molecule has 0 saturated carbocycles. The average molecular weight is 467 g/mol. The topological polar surface area (TPSA) is 77.9 Å². The van der Waals surface area contributed by atoms with Gasteiger partial charge >= 0.3 is 12.3 Å². The summed E-state index contributed by atoms with van der Waals surface area (Å²) in [4.78, 5) is 16.0. The first-order valence-electron chi connectivity index (χ1n) is 9.01. The Labute approximate surface area is 187 Å². The molecule has 3 aromatic rings. The van der Waals surface area contributed by atoms with Crippen LogP contribution >= 0.6 is 11.3 Å². The number of carbonyl (C=O) groups is 1. The standard InChI is InChI=1S/C20H15F3NO5S.Al.2H/c1-12-8-15(6-7-16(12)28-11-19(25)26)27-10-18-24-9-17(30-18)13-2-4-14(5-3-13)29-20(21,22)23;;;/h2-8H,10-11H2,1H3,(H,25,26);;;. The lowest BCUT2D eigenvalue weighted by Crippen LogP contribution is -2.17. The molecule has 0 atom stereocenters.